The Morgan fingerprint density at radius 1 is 1.47 bits per heavy atom. The molecule has 6 heteroatoms. The number of carbonyl (C=O) groups is 2. The second kappa shape index (κ2) is 5.79. The van der Waals surface area contributed by atoms with Gasteiger partial charge in [0.25, 0.3) is 11.8 Å². The zero-order valence-electron chi connectivity index (χ0n) is 11.1. The average Bonchev–Trinajstić information content (AvgIpc) is 2.46. The molecule has 1 aliphatic rings. The fourth-order valence-corrected chi connectivity index (χ4v) is 2.09. The Bertz CT molecular complexity index is 472. The van der Waals surface area contributed by atoms with E-state index >= 15 is 0 Å². The molecule has 0 spiro atoms. The van der Waals surface area contributed by atoms with Gasteiger partial charge in [0.05, 0.1) is 5.56 Å². The predicted octanol–water partition coefficient (Wildman–Crippen LogP) is -0.125. The number of piperazine rings is 1. The van der Waals surface area contributed by atoms with E-state index in [4.69, 9.17) is 0 Å². The summed E-state index contributed by atoms with van der Waals surface area (Å²) in [6.07, 6.45) is 1.46. The quantitative estimate of drug-likeness (QED) is 0.779. The lowest BCUT2D eigenvalue weighted by Crippen LogP contribution is -2.52. The van der Waals surface area contributed by atoms with Gasteiger partial charge in [0, 0.05) is 38.9 Å². The number of hydrogen-bond donors (Lipinski definition) is 2. The molecule has 1 atom stereocenters. The Kier molecular flexibility index (Phi) is 4.11. The van der Waals surface area contributed by atoms with Crippen LogP contribution in [0.15, 0.2) is 18.3 Å². The van der Waals surface area contributed by atoms with Crippen molar-refractivity contribution in [2.24, 2.45) is 0 Å². The Balaban J connectivity index is 2.13. The lowest BCUT2D eigenvalue weighted by atomic mass is 10.1. The summed E-state index contributed by atoms with van der Waals surface area (Å²) < 4.78 is 0. The van der Waals surface area contributed by atoms with Crippen molar-refractivity contribution in [2.75, 3.05) is 26.7 Å². The second-order valence-corrected chi connectivity index (χ2v) is 4.56. The number of nitrogens with one attached hydrogen (secondary N) is 2. The maximum atomic E-state index is 12.3. The van der Waals surface area contributed by atoms with Crippen molar-refractivity contribution in [3.63, 3.8) is 0 Å². The molecule has 0 saturated carbocycles. The van der Waals surface area contributed by atoms with Gasteiger partial charge in [-0.15, -0.1) is 0 Å². The van der Waals surface area contributed by atoms with Gasteiger partial charge in [-0.2, -0.15) is 0 Å². The first kappa shape index (κ1) is 13.5. The minimum absolute atomic E-state index is 0.0371. The molecule has 2 N–H and O–H groups in total. The molecule has 0 radical (unpaired) electrons. The van der Waals surface area contributed by atoms with E-state index in [9.17, 15) is 9.59 Å². The van der Waals surface area contributed by atoms with E-state index in [1.54, 1.807) is 19.2 Å². The first-order valence-electron chi connectivity index (χ1n) is 6.33. The maximum absolute atomic E-state index is 12.3. The summed E-state index contributed by atoms with van der Waals surface area (Å²) in [5, 5.41) is 5.74. The predicted molar refractivity (Wildman–Crippen MR) is 71.0 cm³/mol. The first-order chi connectivity index (χ1) is 9.13. The summed E-state index contributed by atoms with van der Waals surface area (Å²) in [6, 6.07) is 3.38. The van der Waals surface area contributed by atoms with Gasteiger partial charge >= 0.3 is 0 Å². The number of nitrogens with zero attached hydrogens (tertiary/aromatic N) is 2. The van der Waals surface area contributed by atoms with Crippen LogP contribution in [-0.4, -0.2) is 54.4 Å². The summed E-state index contributed by atoms with van der Waals surface area (Å²) in [5.41, 5.74) is 0.828. The lowest BCUT2D eigenvalue weighted by Gasteiger charge is -2.33. The Morgan fingerprint density at radius 3 is 2.84 bits per heavy atom. The Morgan fingerprint density at radius 2 is 2.26 bits per heavy atom. The molecule has 1 saturated heterocycles. The van der Waals surface area contributed by atoms with E-state index in [1.807, 2.05) is 11.8 Å². The number of carbonyl (C=O) groups excluding carboxylic acids is 2. The molecule has 1 aromatic rings. The molecular formula is C13H18N4O2. The SMILES string of the molecule is CNC(=O)c1ccc(C(=O)N2CCNC[C@H]2C)cn1. The summed E-state index contributed by atoms with van der Waals surface area (Å²) in [5.74, 6) is -0.292. The van der Waals surface area contributed by atoms with Crippen LogP contribution in [0.2, 0.25) is 0 Å². The minimum Gasteiger partial charge on any atom is -0.354 e. The van der Waals surface area contributed by atoms with Crippen molar-refractivity contribution >= 4 is 11.8 Å². The van der Waals surface area contributed by atoms with Crippen molar-refractivity contribution in [1.29, 1.82) is 0 Å². The smallest absolute Gasteiger partial charge is 0.269 e. The fourth-order valence-electron chi connectivity index (χ4n) is 2.09. The number of hydrogen-bond acceptors (Lipinski definition) is 4. The third-order valence-electron chi connectivity index (χ3n) is 3.23. The summed E-state index contributed by atoms with van der Waals surface area (Å²) >= 11 is 0. The molecule has 0 bridgehead atoms. The van der Waals surface area contributed by atoms with Gasteiger partial charge < -0.3 is 15.5 Å². The fraction of sp³-hybridized carbons (Fsp3) is 0.462. The maximum Gasteiger partial charge on any atom is 0.269 e. The van der Waals surface area contributed by atoms with E-state index in [0.29, 0.717) is 17.8 Å². The van der Waals surface area contributed by atoms with Crippen LogP contribution in [-0.2, 0) is 0 Å². The van der Waals surface area contributed by atoms with Crippen molar-refractivity contribution in [3.05, 3.63) is 29.6 Å². The molecule has 0 unspecified atom stereocenters. The van der Waals surface area contributed by atoms with E-state index in [1.165, 1.54) is 6.20 Å². The van der Waals surface area contributed by atoms with Crippen molar-refractivity contribution in [2.45, 2.75) is 13.0 Å². The molecule has 2 heterocycles. The van der Waals surface area contributed by atoms with Gasteiger partial charge in [0.1, 0.15) is 5.69 Å². The number of aromatic nitrogens is 1. The van der Waals surface area contributed by atoms with Crippen molar-refractivity contribution < 1.29 is 9.59 Å². The van der Waals surface area contributed by atoms with Gasteiger partial charge in [-0.25, -0.2) is 0 Å². The molecule has 102 valence electrons. The third kappa shape index (κ3) is 2.90. The van der Waals surface area contributed by atoms with Crippen LogP contribution in [0, 0.1) is 0 Å². The number of amides is 2. The van der Waals surface area contributed by atoms with Crippen LogP contribution in [0.3, 0.4) is 0 Å². The van der Waals surface area contributed by atoms with E-state index in [2.05, 4.69) is 15.6 Å². The summed E-state index contributed by atoms with van der Waals surface area (Å²) in [6.45, 7) is 4.31. The van der Waals surface area contributed by atoms with Gasteiger partial charge in [-0.05, 0) is 19.1 Å². The Labute approximate surface area is 112 Å². The first-order valence-corrected chi connectivity index (χ1v) is 6.33. The monoisotopic (exact) mass is 262 g/mol. The molecular weight excluding hydrogens is 244 g/mol. The van der Waals surface area contributed by atoms with Crippen LogP contribution in [0.4, 0.5) is 0 Å². The average molecular weight is 262 g/mol. The van der Waals surface area contributed by atoms with Crippen molar-refractivity contribution in [3.8, 4) is 0 Å². The van der Waals surface area contributed by atoms with Crippen LogP contribution < -0.4 is 10.6 Å². The number of pyridine rings is 1. The van der Waals surface area contributed by atoms with Crippen molar-refractivity contribution in [1.82, 2.24) is 20.5 Å². The van der Waals surface area contributed by atoms with E-state index in [-0.39, 0.29) is 17.9 Å². The zero-order chi connectivity index (χ0) is 13.8. The van der Waals surface area contributed by atoms with Gasteiger partial charge in [0.15, 0.2) is 0 Å². The highest BCUT2D eigenvalue weighted by Gasteiger charge is 2.24. The summed E-state index contributed by atoms with van der Waals surface area (Å²) in [7, 11) is 1.55. The topological polar surface area (TPSA) is 74.3 Å². The minimum atomic E-state index is -0.255. The van der Waals surface area contributed by atoms with E-state index < -0.39 is 0 Å². The third-order valence-corrected chi connectivity index (χ3v) is 3.23. The zero-order valence-corrected chi connectivity index (χ0v) is 11.1. The van der Waals surface area contributed by atoms with Crippen LogP contribution >= 0.6 is 0 Å². The van der Waals surface area contributed by atoms with Gasteiger partial charge in [0.2, 0.25) is 0 Å². The molecule has 0 aliphatic carbocycles. The van der Waals surface area contributed by atoms with E-state index in [0.717, 1.165) is 13.1 Å². The molecule has 0 aromatic carbocycles. The highest BCUT2D eigenvalue weighted by molar-refractivity contribution is 5.96. The van der Waals surface area contributed by atoms with Crippen LogP contribution in [0.1, 0.15) is 27.8 Å². The van der Waals surface area contributed by atoms with Gasteiger partial charge in [-0.1, -0.05) is 0 Å². The molecule has 2 rings (SSSR count). The highest BCUT2D eigenvalue weighted by atomic mass is 16.2. The van der Waals surface area contributed by atoms with Crippen LogP contribution in [0.5, 0.6) is 0 Å². The summed E-state index contributed by atoms with van der Waals surface area (Å²) in [4.78, 5) is 29.5. The number of rotatable bonds is 2. The molecule has 1 aliphatic heterocycles. The largest absolute Gasteiger partial charge is 0.354 e. The van der Waals surface area contributed by atoms with Gasteiger partial charge in [-0.3, -0.25) is 14.6 Å². The van der Waals surface area contributed by atoms with Crippen LogP contribution in [0.25, 0.3) is 0 Å². The molecule has 1 fully saturated rings. The molecule has 1 aromatic heterocycles. The normalized spacial score (nSPS) is 19.1. The second-order valence-electron chi connectivity index (χ2n) is 4.56. The highest BCUT2D eigenvalue weighted by Crippen LogP contribution is 2.10. The Hall–Kier alpha value is -1.95. The standard InChI is InChI=1S/C13H18N4O2/c1-9-7-15-5-6-17(9)13(19)10-3-4-11(16-8-10)12(18)14-2/h3-4,8-9,15H,5-7H2,1-2H3,(H,14,18)/t9-/m1/s1. The molecule has 2 amide bonds. The lowest BCUT2D eigenvalue weighted by molar-refractivity contribution is 0.0655. The molecule has 19 heavy (non-hydrogen) atoms. The molecule has 6 nitrogen and oxygen atoms in total.